The number of nitrogens with one attached hydrogen (secondary N) is 2. The molecule has 0 heterocycles. The Labute approximate surface area is 272 Å². The third kappa shape index (κ3) is 11.4. The fourth-order valence-electron chi connectivity index (χ4n) is 4.90. The van der Waals surface area contributed by atoms with Gasteiger partial charge in [0.05, 0.1) is 6.04 Å². The number of alkyl halides is 1. The zero-order chi connectivity index (χ0) is 31.9. The summed E-state index contributed by atoms with van der Waals surface area (Å²) < 4.78 is 15.6. The summed E-state index contributed by atoms with van der Waals surface area (Å²) in [4.78, 5) is 38.7. The van der Waals surface area contributed by atoms with Crippen molar-refractivity contribution < 1.29 is 28.6 Å². The van der Waals surface area contributed by atoms with E-state index < -0.39 is 34.7 Å². The highest BCUT2D eigenvalue weighted by atomic mass is 79.9. The number of hydrogen-bond donors (Lipinski definition) is 2. The SMILES string of the molecule is CC(=O)O[C@](Br)(C[C@H](Cc1ccccc1)NC(=O)OCc1ccccc1)[C@H](Cc1ccccc1)NC(=O)OCc1ccccc1. The molecule has 0 spiro atoms. The minimum atomic E-state index is -1.44. The lowest BCUT2D eigenvalue weighted by molar-refractivity contribution is -0.151. The molecule has 0 saturated carbocycles. The molecular weight excluding hydrogens is 636 g/mol. The minimum absolute atomic E-state index is 0.0685. The largest absolute Gasteiger partial charge is 0.445 e. The van der Waals surface area contributed by atoms with E-state index in [1.54, 1.807) is 0 Å². The fraction of sp³-hybridized carbons (Fsp3) is 0.250. The number of carbonyl (C=O) groups is 3. The van der Waals surface area contributed by atoms with Gasteiger partial charge in [-0.15, -0.1) is 0 Å². The van der Waals surface area contributed by atoms with Crippen LogP contribution in [0.2, 0.25) is 0 Å². The third-order valence-electron chi connectivity index (χ3n) is 7.01. The van der Waals surface area contributed by atoms with Gasteiger partial charge in [-0.25, -0.2) is 9.59 Å². The summed E-state index contributed by atoms with van der Waals surface area (Å²) in [6.07, 6.45) is -0.487. The maximum Gasteiger partial charge on any atom is 0.407 e. The van der Waals surface area contributed by atoms with Crippen LogP contribution in [0.1, 0.15) is 35.6 Å². The molecule has 2 amide bonds. The number of alkyl carbamates (subject to hydrolysis) is 2. The van der Waals surface area contributed by atoms with Crippen molar-refractivity contribution in [3.63, 3.8) is 0 Å². The summed E-state index contributed by atoms with van der Waals surface area (Å²) in [5.41, 5.74) is 3.54. The Morgan fingerprint density at radius 1 is 0.622 bits per heavy atom. The van der Waals surface area contributed by atoms with Crippen LogP contribution in [0.15, 0.2) is 121 Å². The molecule has 0 aliphatic heterocycles. The topological polar surface area (TPSA) is 103 Å². The standard InChI is InChI=1S/C36H37BrN2O6/c1-27(40)45-36(37,33(23-29-16-8-3-9-17-29)39-35(42)44-26-31-20-12-5-13-21-31)24-32(22-28-14-6-2-7-15-28)38-34(41)43-25-30-18-10-4-11-19-30/h2-21,32-33H,22-26H2,1H3,(H,38,41)(H,39,42)/t32-,33-,36+/m0/s1. The number of esters is 1. The van der Waals surface area contributed by atoms with E-state index in [1.807, 2.05) is 121 Å². The Bertz CT molecular complexity index is 1490. The van der Waals surface area contributed by atoms with Crippen molar-refractivity contribution in [2.45, 2.75) is 56.0 Å². The Morgan fingerprint density at radius 2 is 1.02 bits per heavy atom. The second-order valence-electron chi connectivity index (χ2n) is 10.6. The van der Waals surface area contributed by atoms with Gasteiger partial charge < -0.3 is 24.8 Å². The lowest BCUT2D eigenvalue weighted by Gasteiger charge is -2.38. The lowest BCUT2D eigenvalue weighted by atomic mass is 9.93. The summed E-state index contributed by atoms with van der Waals surface area (Å²) in [6.45, 7) is 1.47. The van der Waals surface area contributed by atoms with Crippen molar-refractivity contribution >= 4 is 34.1 Å². The predicted octanol–water partition coefficient (Wildman–Crippen LogP) is 7.11. The summed E-state index contributed by atoms with van der Waals surface area (Å²) in [5.74, 6) is -0.561. The molecule has 4 aromatic carbocycles. The van der Waals surface area contributed by atoms with Gasteiger partial charge in [-0.3, -0.25) is 4.79 Å². The molecule has 234 valence electrons. The van der Waals surface area contributed by atoms with Crippen molar-refractivity contribution in [3.8, 4) is 0 Å². The Hall–Kier alpha value is -4.63. The van der Waals surface area contributed by atoms with Crippen LogP contribution in [0.5, 0.6) is 0 Å². The van der Waals surface area contributed by atoms with Crippen LogP contribution in [-0.2, 0) is 45.1 Å². The van der Waals surface area contributed by atoms with Gasteiger partial charge in [-0.05, 0) is 51.0 Å². The third-order valence-corrected chi connectivity index (χ3v) is 8.04. The smallest absolute Gasteiger partial charge is 0.407 e. The zero-order valence-electron chi connectivity index (χ0n) is 25.1. The highest BCUT2D eigenvalue weighted by Gasteiger charge is 2.43. The Kier molecular flexibility index (Phi) is 12.6. The molecule has 0 radical (unpaired) electrons. The molecular formula is C36H37BrN2O6. The number of hydrogen-bond acceptors (Lipinski definition) is 6. The number of halogens is 1. The van der Waals surface area contributed by atoms with Crippen LogP contribution in [0.3, 0.4) is 0 Å². The first kappa shape index (κ1) is 33.3. The minimum Gasteiger partial charge on any atom is -0.445 e. The van der Waals surface area contributed by atoms with Gasteiger partial charge in [0.15, 0.2) is 4.51 Å². The highest BCUT2D eigenvalue weighted by Crippen LogP contribution is 2.34. The van der Waals surface area contributed by atoms with Crippen molar-refractivity contribution in [2.24, 2.45) is 0 Å². The summed E-state index contributed by atoms with van der Waals surface area (Å²) in [6, 6.07) is 36.5. The van der Waals surface area contributed by atoms with Crippen LogP contribution in [-0.4, -0.2) is 34.7 Å². The second-order valence-corrected chi connectivity index (χ2v) is 12.0. The van der Waals surface area contributed by atoms with Gasteiger partial charge >= 0.3 is 18.2 Å². The molecule has 0 aromatic heterocycles. The van der Waals surface area contributed by atoms with Gasteiger partial charge in [0.2, 0.25) is 0 Å². The molecule has 0 fully saturated rings. The molecule has 0 bridgehead atoms. The average molecular weight is 674 g/mol. The van der Waals surface area contributed by atoms with E-state index in [9.17, 15) is 14.4 Å². The molecule has 45 heavy (non-hydrogen) atoms. The molecule has 8 nitrogen and oxygen atoms in total. The molecule has 0 saturated heterocycles. The van der Waals surface area contributed by atoms with Gasteiger partial charge in [0.1, 0.15) is 13.2 Å². The monoisotopic (exact) mass is 672 g/mol. The van der Waals surface area contributed by atoms with Gasteiger partial charge in [0.25, 0.3) is 0 Å². The average Bonchev–Trinajstić information content (AvgIpc) is 3.04. The van der Waals surface area contributed by atoms with Crippen molar-refractivity contribution in [1.29, 1.82) is 0 Å². The normalized spacial score (nSPS) is 13.4. The predicted molar refractivity (Wildman–Crippen MR) is 175 cm³/mol. The number of carbonyl (C=O) groups excluding carboxylic acids is 3. The first-order valence-electron chi connectivity index (χ1n) is 14.7. The Morgan fingerprint density at radius 3 is 1.47 bits per heavy atom. The van der Waals surface area contributed by atoms with Crippen LogP contribution in [0.4, 0.5) is 9.59 Å². The van der Waals surface area contributed by atoms with E-state index >= 15 is 0 Å². The van der Waals surface area contributed by atoms with E-state index in [1.165, 1.54) is 6.92 Å². The van der Waals surface area contributed by atoms with Crippen molar-refractivity contribution in [2.75, 3.05) is 0 Å². The molecule has 2 N–H and O–H groups in total. The maximum absolute atomic E-state index is 13.1. The molecule has 9 heteroatoms. The molecule has 4 rings (SSSR count). The summed E-state index contributed by atoms with van der Waals surface area (Å²) in [5, 5.41) is 5.88. The van der Waals surface area contributed by atoms with Crippen LogP contribution < -0.4 is 10.6 Å². The van der Waals surface area contributed by atoms with Crippen molar-refractivity contribution in [1.82, 2.24) is 10.6 Å². The van der Waals surface area contributed by atoms with Crippen LogP contribution in [0.25, 0.3) is 0 Å². The van der Waals surface area contributed by atoms with E-state index in [0.717, 1.165) is 22.3 Å². The molecule has 4 aromatic rings. The second kappa shape index (κ2) is 17.0. The number of amides is 2. The number of benzene rings is 4. The van der Waals surface area contributed by atoms with Gasteiger partial charge in [0, 0.05) is 19.4 Å². The first-order chi connectivity index (χ1) is 21.8. The quantitative estimate of drug-likeness (QED) is 0.0841. The molecule has 0 aliphatic rings. The van der Waals surface area contributed by atoms with E-state index in [-0.39, 0.29) is 19.6 Å². The first-order valence-corrected chi connectivity index (χ1v) is 15.5. The number of rotatable bonds is 14. The van der Waals surface area contributed by atoms with Crippen LogP contribution in [0, 0.1) is 0 Å². The Balaban J connectivity index is 1.57. The molecule has 0 aliphatic carbocycles. The molecule has 3 atom stereocenters. The number of ether oxygens (including phenoxy) is 3. The maximum atomic E-state index is 13.1. The van der Waals surface area contributed by atoms with Gasteiger partial charge in [-0.2, -0.15) is 0 Å². The highest BCUT2D eigenvalue weighted by molar-refractivity contribution is 9.10. The zero-order valence-corrected chi connectivity index (χ0v) is 26.7. The van der Waals surface area contributed by atoms with E-state index in [0.29, 0.717) is 12.8 Å². The summed E-state index contributed by atoms with van der Waals surface area (Å²) >= 11 is 3.71. The van der Waals surface area contributed by atoms with E-state index in [2.05, 4.69) is 26.6 Å². The fourth-order valence-corrected chi connectivity index (χ4v) is 5.80. The summed E-state index contributed by atoms with van der Waals surface area (Å²) in [7, 11) is 0. The lowest BCUT2D eigenvalue weighted by Crippen LogP contribution is -2.55. The van der Waals surface area contributed by atoms with Crippen molar-refractivity contribution in [3.05, 3.63) is 144 Å². The van der Waals surface area contributed by atoms with Gasteiger partial charge in [-0.1, -0.05) is 121 Å². The van der Waals surface area contributed by atoms with Crippen LogP contribution >= 0.6 is 15.9 Å². The van der Waals surface area contributed by atoms with E-state index in [4.69, 9.17) is 14.2 Å². The molecule has 0 unspecified atom stereocenters.